The second-order valence-corrected chi connectivity index (χ2v) is 6.87. The maximum Gasteiger partial charge on any atom is 0.271 e. The number of aromatic nitrogens is 4. The number of nitrogens with zero attached hydrogens (tertiary/aromatic N) is 5. The number of pyridine rings is 1. The summed E-state index contributed by atoms with van der Waals surface area (Å²) in [5.41, 5.74) is 2.47. The van der Waals surface area contributed by atoms with Crippen molar-refractivity contribution in [2.75, 3.05) is 20.6 Å². The van der Waals surface area contributed by atoms with Crippen molar-refractivity contribution in [2.24, 2.45) is 5.92 Å². The molecule has 130 valence electrons. The summed E-state index contributed by atoms with van der Waals surface area (Å²) in [5.74, 6) is 1.26. The SMILES string of the molecule is CN(C)Cc1nc(-n2cnc(C(=O)NCC3CC3)c2)n2ccccc12. The molecule has 0 spiro atoms. The summed E-state index contributed by atoms with van der Waals surface area (Å²) in [6, 6.07) is 6.03. The lowest BCUT2D eigenvalue weighted by Gasteiger charge is -2.06. The fourth-order valence-corrected chi connectivity index (χ4v) is 2.88. The third kappa shape index (κ3) is 3.28. The Kier molecular flexibility index (Phi) is 4.01. The predicted molar refractivity (Wildman–Crippen MR) is 94.8 cm³/mol. The predicted octanol–water partition coefficient (Wildman–Crippen LogP) is 1.72. The lowest BCUT2D eigenvalue weighted by Crippen LogP contribution is -2.25. The lowest BCUT2D eigenvalue weighted by molar-refractivity contribution is 0.0947. The first kappa shape index (κ1) is 15.8. The Hall–Kier alpha value is -2.67. The van der Waals surface area contributed by atoms with E-state index in [-0.39, 0.29) is 5.91 Å². The van der Waals surface area contributed by atoms with Crippen LogP contribution in [-0.2, 0) is 6.54 Å². The number of carbonyl (C=O) groups excluding carboxylic acids is 1. The van der Waals surface area contributed by atoms with Gasteiger partial charge in [-0.1, -0.05) is 6.07 Å². The standard InChI is InChI=1S/C18H22N6O/c1-22(2)10-14-16-5-3-4-8-24(16)18(21-14)23-11-15(20-12-23)17(25)19-9-13-6-7-13/h3-5,8,11-13H,6-7,9-10H2,1-2H3,(H,19,25). The van der Waals surface area contributed by atoms with E-state index in [1.807, 2.05) is 36.8 Å². The smallest absolute Gasteiger partial charge is 0.271 e. The molecule has 0 radical (unpaired) electrons. The van der Waals surface area contributed by atoms with Crippen LogP contribution in [0.3, 0.4) is 0 Å². The van der Waals surface area contributed by atoms with E-state index in [0.29, 0.717) is 11.6 Å². The van der Waals surface area contributed by atoms with Crippen LogP contribution < -0.4 is 5.32 Å². The second-order valence-electron chi connectivity index (χ2n) is 6.87. The van der Waals surface area contributed by atoms with Gasteiger partial charge in [-0.15, -0.1) is 0 Å². The van der Waals surface area contributed by atoms with Gasteiger partial charge in [0.1, 0.15) is 12.0 Å². The van der Waals surface area contributed by atoms with Gasteiger partial charge in [0.25, 0.3) is 5.91 Å². The fourth-order valence-electron chi connectivity index (χ4n) is 2.88. The molecular formula is C18H22N6O. The van der Waals surface area contributed by atoms with E-state index in [1.54, 1.807) is 17.1 Å². The van der Waals surface area contributed by atoms with Gasteiger partial charge in [0.2, 0.25) is 5.95 Å². The van der Waals surface area contributed by atoms with Crippen molar-refractivity contribution in [3.05, 3.63) is 48.3 Å². The van der Waals surface area contributed by atoms with Crippen LogP contribution in [0, 0.1) is 5.92 Å². The first-order chi connectivity index (χ1) is 12.1. The molecule has 7 nitrogen and oxygen atoms in total. The van der Waals surface area contributed by atoms with E-state index < -0.39 is 0 Å². The normalized spacial score (nSPS) is 14.4. The van der Waals surface area contributed by atoms with Gasteiger partial charge in [0.15, 0.2) is 0 Å². The van der Waals surface area contributed by atoms with Crippen molar-refractivity contribution >= 4 is 11.4 Å². The summed E-state index contributed by atoms with van der Waals surface area (Å²) >= 11 is 0. The number of imidazole rings is 2. The third-order valence-electron chi connectivity index (χ3n) is 4.37. The summed E-state index contributed by atoms with van der Waals surface area (Å²) in [7, 11) is 4.04. The van der Waals surface area contributed by atoms with Crippen molar-refractivity contribution < 1.29 is 4.79 Å². The topological polar surface area (TPSA) is 67.5 Å². The van der Waals surface area contributed by atoms with Gasteiger partial charge in [-0.2, -0.15) is 0 Å². The Labute approximate surface area is 146 Å². The Balaban J connectivity index is 1.64. The quantitative estimate of drug-likeness (QED) is 0.743. The van der Waals surface area contributed by atoms with Crippen LogP contribution in [0.15, 0.2) is 36.9 Å². The van der Waals surface area contributed by atoms with Crippen LogP contribution >= 0.6 is 0 Å². The van der Waals surface area contributed by atoms with E-state index in [9.17, 15) is 4.79 Å². The average molecular weight is 338 g/mol. The molecule has 0 bridgehead atoms. The van der Waals surface area contributed by atoms with E-state index in [0.717, 1.165) is 30.2 Å². The van der Waals surface area contributed by atoms with Crippen molar-refractivity contribution in [3.63, 3.8) is 0 Å². The highest BCUT2D eigenvalue weighted by Crippen LogP contribution is 2.27. The molecule has 1 fully saturated rings. The molecule has 1 N–H and O–H groups in total. The summed E-state index contributed by atoms with van der Waals surface area (Å²) in [4.78, 5) is 23.3. The van der Waals surface area contributed by atoms with E-state index in [1.165, 1.54) is 12.8 Å². The molecule has 4 rings (SSSR count). The molecule has 0 aromatic carbocycles. The number of nitrogens with one attached hydrogen (secondary N) is 1. The van der Waals surface area contributed by atoms with Gasteiger partial charge in [-0.3, -0.25) is 13.8 Å². The number of carbonyl (C=O) groups is 1. The Morgan fingerprint density at radius 1 is 1.36 bits per heavy atom. The number of fused-ring (bicyclic) bond motifs is 1. The second kappa shape index (κ2) is 6.33. The number of rotatable bonds is 6. The highest BCUT2D eigenvalue weighted by atomic mass is 16.1. The van der Waals surface area contributed by atoms with Crippen molar-refractivity contribution in [1.29, 1.82) is 0 Å². The van der Waals surface area contributed by atoms with Gasteiger partial charge >= 0.3 is 0 Å². The van der Waals surface area contributed by atoms with Crippen molar-refractivity contribution in [1.82, 2.24) is 29.2 Å². The first-order valence-corrected chi connectivity index (χ1v) is 8.55. The molecule has 0 unspecified atom stereocenters. The van der Waals surface area contributed by atoms with Gasteiger partial charge in [-0.25, -0.2) is 9.97 Å². The molecule has 1 aliphatic carbocycles. The summed E-state index contributed by atoms with van der Waals surface area (Å²) < 4.78 is 3.82. The van der Waals surface area contributed by atoms with Crippen LogP contribution in [0.5, 0.6) is 0 Å². The largest absolute Gasteiger partial charge is 0.350 e. The lowest BCUT2D eigenvalue weighted by atomic mass is 10.3. The van der Waals surface area contributed by atoms with Gasteiger partial charge in [-0.05, 0) is 45.0 Å². The molecular weight excluding hydrogens is 316 g/mol. The Morgan fingerprint density at radius 2 is 2.20 bits per heavy atom. The molecule has 0 atom stereocenters. The summed E-state index contributed by atoms with van der Waals surface area (Å²) in [5, 5.41) is 2.95. The summed E-state index contributed by atoms with van der Waals surface area (Å²) in [6.07, 6.45) is 7.78. The third-order valence-corrected chi connectivity index (χ3v) is 4.37. The van der Waals surface area contributed by atoms with E-state index in [4.69, 9.17) is 4.98 Å². The molecule has 1 aliphatic rings. The highest BCUT2D eigenvalue weighted by molar-refractivity contribution is 5.92. The molecule has 3 aromatic heterocycles. The first-order valence-electron chi connectivity index (χ1n) is 8.55. The zero-order valence-corrected chi connectivity index (χ0v) is 14.5. The van der Waals surface area contributed by atoms with Gasteiger partial charge in [0, 0.05) is 25.5 Å². The monoisotopic (exact) mass is 338 g/mol. The van der Waals surface area contributed by atoms with Crippen molar-refractivity contribution in [3.8, 4) is 5.95 Å². The molecule has 0 saturated heterocycles. The van der Waals surface area contributed by atoms with E-state index >= 15 is 0 Å². The minimum atomic E-state index is -0.125. The number of hydrogen-bond donors (Lipinski definition) is 1. The minimum absolute atomic E-state index is 0.125. The average Bonchev–Trinajstić information content (AvgIpc) is 3.18. The molecule has 3 aromatic rings. The maximum absolute atomic E-state index is 12.2. The number of hydrogen-bond acceptors (Lipinski definition) is 4. The van der Waals surface area contributed by atoms with Crippen LogP contribution in [0.25, 0.3) is 11.5 Å². The molecule has 3 heterocycles. The fraction of sp³-hybridized carbons (Fsp3) is 0.389. The molecule has 1 amide bonds. The van der Waals surface area contributed by atoms with E-state index in [2.05, 4.69) is 21.3 Å². The zero-order valence-electron chi connectivity index (χ0n) is 14.5. The molecule has 0 aliphatic heterocycles. The van der Waals surface area contributed by atoms with Crippen LogP contribution in [-0.4, -0.2) is 50.4 Å². The van der Waals surface area contributed by atoms with Crippen LogP contribution in [0.2, 0.25) is 0 Å². The van der Waals surface area contributed by atoms with Crippen molar-refractivity contribution in [2.45, 2.75) is 19.4 Å². The molecule has 25 heavy (non-hydrogen) atoms. The van der Waals surface area contributed by atoms with Gasteiger partial charge < -0.3 is 10.2 Å². The maximum atomic E-state index is 12.2. The zero-order chi connectivity index (χ0) is 17.4. The Morgan fingerprint density at radius 3 is 2.96 bits per heavy atom. The molecule has 1 saturated carbocycles. The molecule has 7 heteroatoms. The summed E-state index contributed by atoms with van der Waals surface area (Å²) in [6.45, 7) is 1.49. The van der Waals surface area contributed by atoms with Crippen LogP contribution in [0.1, 0.15) is 29.0 Å². The highest BCUT2D eigenvalue weighted by Gasteiger charge is 2.22. The Bertz CT molecular complexity index is 905. The van der Waals surface area contributed by atoms with Gasteiger partial charge in [0.05, 0.1) is 11.2 Å². The van der Waals surface area contributed by atoms with Crippen LogP contribution in [0.4, 0.5) is 0 Å². The number of amides is 1. The minimum Gasteiger partial charge on any atom is -0.350 e.